The molecule has 2 aromatic rings. The second kappa shape index (κ2) is 10.2. The van der Waals surface area contributed by atoms with Crippen LogP contribution in [0.3, 0.4) is 0 Å². The van der Waals surface area contributed by atoms with E-state index in [1.165, 1.54) is 0 Å². The Morgan fingerprint density at radius 1 is 0.871 bits per heavy atom. The molecule has 0 aromatic heterocycles. The zero-order chi connectivity index (χ0) is 23.1. The maximum Gasteiger partial charge on any atom is 0.534 e. The maximum atomic E-state index is 13.2. The standard InChI is InChI=1S/C23H25F3O3SSi/c1-4-31(5-2,6-3)18-17-21(29-30(27,28)23(24,25)26)22(19-13-9-7-10-14-19)20-15-11-8-12-16-20/h7-16H,4-6H2,1-3H3. The number of allylic oxidation sites excluding steroid dienone is 1. The van der Waals surface area contributed by atoms with Gasteiger partial charge in [0.25, 0.3) is 0 Å². The van der Waals surface area contributed by atoms with E-state index >= 15 is 0 Å². The summed E-state index contributed by atoms with van der Waals surface area (Å²) in [6, 6.07) is 19.5. The summed E-state index contributed by atoms with van der Waals surface area (Å²) in [4.78, 5) is 0. The molecule has 31 heavy (non-hydrogen) atoms. The van der Waals surface area contributed by atoms with Crippen molar-refractivity contribution in [3.63, 3.8) is 0 Å². The number of rotatable bonds is 7. The lowest BCUT2D eigenvalue weighted by Crippen LogP contribution is -2.30. The van der Waals surface area contributed by atoms with Gasteiger partial charge in [-0.2, -0.15) is 21.6 Å². The van der Waals surface area contributed by atoms with E-state index < -0.39 is 29.5 Å². The van der Waals surface area contributed by atoms with Crippen molar-refractivity contribution in [1.29, 1.82) is 0 Å². The molecule has 2 rings (SSSR count). The van der Waals surface area contributed by atoms with Gasteiger partial charge in [0.1, 0.15) is 8.07 Å². The smallest absolute Gasteiger partial charge is 0.366 e. The Morgan fingerprint density at radius 3 is 1.65 bits per heavy atom. The van der Waals surface area contributed by atoms with Gasteiger partial charge in [0.05, 0.1) is 0 Å². The predicted molar refractivity (Wildman–Crippen MR) is 120 cm³/mol. The summed E-state index contributed by atoms with van der Waals surface area (Å²) in [5.74, 6) is 2.22. The van der Waals surface area contributed by atoms with Gasteiger partial charge in [-0.25, -0.2) is 0 Å². The first kappa shape index (κ1) is 24.8. The van der Waals surface area contributed by atoms with E-state index in [0.717, 1.165) is 18.1 Å². The summed E-state index contributed by atoms with van der Waals surface area (Å²) >= 11 is 0. The molecule has 0 amide bonds. The van der Waals surface area contributed by atoms with E-state index in [1.807, 2.05) is 20.8 Å². The largest absolute Gasteiger partial charge is 0.534 e. The second-order valence-corrected chi connectivity index (χ2v) is 13.5. The van der Waals surface area contributed by atoms with Crippen LogP contribution in [0.25, 0.3) is 5.57 Å². The predicted octanol–water partition coefficient (Wildman–Crippen LogP) is 6.36. The lowest BCUT2D eigenvalue weighted by molar-refractivity contribution is -0.0518. The van der Waals surface area contributed by atoms with Crippen LogP contribution in [0.15, 0.2) is 66.4 Å². The lowest BCUT2D eigenvalue weighted by Gasteiger charge is -2.20. The highest BCUT2D eigenvalue weighted by Crippen LogP contribution is 2.33. The normalized spacial score (nSPS) is 11.9. The van der Waals surface area contributed by atoms with Crippen molar-refractivity contribution in [2.75, 3.05) is 0 Å². The Morgan fingerprint density at radius 2 is 1.29 bits per heavy atom. The summed E-state index contributed by atoms with van der Waals surface area (Å²) in [6.45, 7) is 6.00. The van der Waals surface area contributed by atoms with Gasteiger partial charge >= 0.3 is 15.6 Å². The molecule has 0 atom stereocenters. The Kier molecular flexibility index (Phi) is 8.15. The summed E-state index contributed by atoms with van der Waals surface area (Å²) in [5, 5.41) is 0. The molecule has 0 N–H and O–H groups in total. The van der Waals surface area contributed by atoms with E-state index in [4.69, 9.17) is 0 Å². The van der Waals surface area contributed by atoms with Crippen LogP contribution >= 0.6 is 0 Å². The van der Waals surface area contributed by atoms with Crippen molar-refractivity contribution in [3.8, 4) is 11.5 Å². The maximum absolute atomic E-state index is 13.2. The first-order valence-corrected chi connectivity index (χ1v) is 14.0. The number of hydrogen-bond acceptors (Lipinski definition) is 3. The average Bonchev–Trinajstić information content (AvgIpc) is 2.75. The van der Waals surface area contributed by atoms with Crippen molar-refractivity contribution in [1.82, 2.24) is 0 Å². The Labute approximate surface area is 183 Å². The molecule has 166 valence electrons. The van der Waals surface area contributed by atoms with Gasteiger partial charge in [-0.05, 0) is 35.2 Å². The van der Waals surface area contributed by atoms with Crippen LogP contribution < -0.4 is 0 Å². The number of benzene rings is 2. The van der Waals surface area contributed by atoms with Crippen LogP contribution in [-0.2, 0) is 14.3 Å². The van der Waals surface area contributed by atoms with Crippen molar-refractivity contribution >= 4 is 23.8 Å². The highest BCUT2D eigenvalue weighted by Gasteiger charge is 2.49. The van der Waals surface area contributed by atoms with Crippen LogP contribution in [-0.4, -0.2) is 22.0 Å². The Bertz CT molecular complexity index is 1010. The zero-order valence-corrected chi connectivity index (χ0v) is 19.5. The first-order chi connectivity index (χ1) is 14.6. The quantitative estimate of drug-likeness (QED) is 0.157. The molecule has 0 heterocycles. The fourth-order valence-electron chi connectivity index (χ4n) is 3.12. The molecule has 0 saturated carbocycles. The SMILES string of the molecule is CC[Si](C#CC(OS(=O)(=O)C(F)(F)F)=C(c1ccccc1)c1ccccc1)(CC)CC. The van der Waals surface area contributed by atoms with Gasteiger partial charge in [-0.1, -0.05) is 81.4 Å². The molecule has 0 saturated heterocycles. The Balaban J connectivity index is 2.86. The second-order valence-electron chi connectivity index (χ2n) is 7.01. The van der Waals surface area contributed by atoms with Crippen LogP contribution in [0.1, 0.15) is 31.9 Å². The average molecular weight is 467 g/mol. The molecule has 0 bridgehead atoms. The van der Waals surface area contributed by atoms with E-state index in [2.05, 4.69) is 15.6 Å². The third-order valence-electron chi connectivity index (χ3n) is 5.30. The molecular weight excluding hydrogens is 441 g/mol. The first-order valence-electron chi connectivity index (χ1n) is 9.98. The highest BCUT2D eigenvalue weighted by molar-refractivity contribution is 7.87. The Hall–Kier alpha value is -2.50. The molecular formula is C23H25F3O3SSi. The third-order valence-corrected chi connectivity index (χ3v) is 11.0. The molecule has 3 nitrogen and oxygen atoms in total. The van der Waals surface area contributed by atoms with Gasteiger partial charge in [-0.3, -0.25) is 0 Å². The fourth-order valence-corrected chi connectivity index (χ4v) is 5.97. The molecule has 0 unspecified atom stereocenters. The van der Waals surface area contributed by atoms with Crippen molar-refractivity contribution < 1.29 is 25.8 Å². The van der Waals surface area contributed by atoms with Gasteiger partial charge in [0.2, 0.25) is 5.76 Å². The fraction of sp³-hybridized carbons (Fsp3) is 0.304. The minimum absolute atomic E-state index is 0.202. The van der Waals surface area contributed by atoms with E-state index in [0.29, 0.717) is 11.1 Å². The van der Waals surface area contributed by atoms with E-state index in [9.17, 15) is 21.6 Å². The number of halogens is 3. The van der Waals surface area contributed by atoms with Gasteiger partial charge in [-0.15, -0.1) is 5.54 Å². The summed E-state index contributed by atoms with van der Waals surface area (Å²) < 4.78 is 68.0. The zero-order valence-electron chi connectivity index (χ0n) is 17.7. The van der Waals surface area contributed by atoms with Crippen LogP contribution in [0.2, 0.25) is 18.1 Å². The minimum atomic E-state index is -5.89. The van der Waals surface area contributed by atoms with Gasteiger partial charge in [0, 0.05) is 5.57 Å². The number of hydrogen-bond donors (Lipinski definition) is 0. The molecule has 0 aliphatic rings. The molecule has 0 aliphatic carbocycles. The molecule has 0 fully saturated rings. The van der Waals surface area contributed by atoms with Crippen molar-refractivity contribution in [2.45, 2.75) is 44.4 Å². The van der Waals surface area contributed by atoms with Crippen molar-refractivity contribution in [3.05, 3.63) is 77.5 Å². The van der Waals surface area contributed by atoms with Gasteiger partial charge in [0.15, 0.2) is 0 Å². The van der Waals surface area contributed by atoms with E-state index in [1.54, 1.807) is 60.7 Å². The van der Waals surface area contributed by atoms with Gasteiger partial charge < -0.3 is 4.18 Å². The monoisotopic (exact) mass is 466 g/mol. The van der Waals surface area contributed by atoms with Crippen LogP contribution in [0.5, 0.6) is 0 Å². The molecule has 0 radical (unpaired) electrons. The van der Waals surface area contributed by atoms with E-state index in [-0.39, 0.29) is 5.57 Å². The summed E-state index contributed by atoms with van der Waals surface area (Å²) in [5.41, 5.74) is -1.20. The highest BCUT2D eigenvalue weighted by atomic mass is 32.2. The topological polar surface area (TPSA) is 43.4 Å². The molecule has 0 spiro atoms. The molecule has 8 heteroatoms. The summed E-state index contributed by atoms with van der Waals surface area (Å²) in [6.07, 6.45) is 0. The lowest BCUT2D eigenvalue weighted by atomic mass is 9.97. The molecule has 2 aromatic carbocycles. The molecule has 0 aliphatic heterocycles. The van der Waals surface area contributed by atoms with Crippen LogP contribution in [0.4, 0.5) is 13.2 Å². The van der Waals surface area contributed by atoms with Crippen molar-refractivity contribution in [2.24, 2.45) is 0 Å². The van der Waals surface area contributed by atoms with Crippen LogP contribution in [0, 0.1) is 11.5 Å². The third kappa shape index (κ3) is 6.02. The minimum Gasteiger partial charge on any atom is -0.366 e. The summed E-state index contributed by atoms with van der Waals surface area (Å²) in [7, 11) is -7.99. The number of alkyl halides is 3.